The van der Waals surface area contributed by atoms with Gasteiger partial charge in [-0.25, -0.2) is 0 Å². The van der Waals surface area contributed by atoms with Crippen molar-refractivity contribution in [3.63, 3.8) is 0 Å². The zero-order chi connectivity index (χ0) is 15.5. The Morgan fingerprint density at radius 3 is 2.52 bits per heavy atom. The van der Waals surface area contributed by atoms with Crippen LogP contribution in [-0.4, -0.2) is 74.2 Å². The fourth-order valence-corrected chi connectivity index (χ4v) is 2.35. The van der Waals surface area contributed by atoms with Crippen LogP contribution in [0, 0.1) is 0 Å². The summed E-state index contributed by atoms with van der Waals surface area (Å²) in [6.45, 7) is 9.65. The standard InChI is InChI=1S/C15H28N2O4/c1-3-14(18)17(9-6-15(19)21-4-2)8-5-7-16-10-12-20-13-11-16/h3-13H2,1-2H3. The van der Waals surface area contributed by atoms with Crippen molar-refractivity contribution in [3.8, 4) is 0 Å². The van der Waals surface area contributed by atoms with Gasteiger partial charge in [0.1, 0.15) is 0 Å². The van der Waals surface area contributed by atoms with E-state index in [1.807, 2.05) is 6.92 Å². The van der Waals surface area contributed by atoms with Gasteiger partial charge in [0.2, 0.25) is 5.91 Å². The van der Waals surface area contributed by atoms with Gasteiger partial charge in [0, 0.05) is 39.1 Å². The average molecular weight is 300 g/mol. The lowest BCUT2D eigenvalue weighted by molar-refractivity contribution is -0.144. The largest absolute Gasteiger partial charge is 0.466 e. The van der Waals surface area contributed by atoms with Crippen LogP contribution in [0.3, 0.4) is 0 Å². The number of amides is 1. The highest BCUT2D eigenvalue weighted by Crippen LogP contribution is 2.03. The molecule has 6 nitrogen and oxygen atoms in total. The molecular formula is C15H28N2O4. The highest BCUT2D eigenvalue weighted by molar-refractivity contribution is 5.77. The molecule has 0 unspecified atom stereocenters. The number of carbonyl (C=O) groups excluding carboxylic acids is 2. The lowest BCUT2D eigenvalue weighted by Gasteiger charge is -2.28. The summed E-state index contributed by atoms with van der Waals surface area (Å²) >= 11 is 0. The van der Waals surface area contributed by atoms with Gasteiger partial charge in [0.25, 0.3) is 0 Å². The minimum atomic E-state index is -0.236. The number of carbonyl (C=O) groups is 2. The molecule has 0 spiro atoms. The zero-order valence-corrected chi connectivity index (χ0v) is 13.3. The molecule has 6 heteroatoms. The second-order valence-corrected chi connectivity index (χ2v) is 5.10. The van der Waals surface area contributed by atoms with E-state index < -0.39 is 0 Å². The highest BCUT2D eigenvalue weighted by Gasteiger charge is 2.15. The van der Waals surface area contributed by atoms with Crippen LogP contribution >= 0.6 is 0 Å². The Kier molecular flexibility index (Phi) is 9.01. The Morgan fingerprint density at radius 1 is 1.19 bits per heavy atom. The topological polar surface area (TPSA) is 59.1 Å². The molecule has 1 fully saturated rings. The van der Waals surface area contributed by atoms with Crippen LogP contribution in [0.5, 0.6) is 0 Å². The third-order valence-corrected chi connectivity index (χ3v) is 3.55. The van der Waals surface area contributed by atoms with Crippen molar-refractivity contribution < 1.29 is 19.1 Å². The highest BCUT2D eigenvalue weighted by atomic mass is 16.5. The first-order valence-corrected chi connectivity index (χ1v) is 7.90. The third kappa shape index (κ3) is 7.43. The Labute approximate surface area is 127 Å². The summed E-state index contributed by atoms with van der Waals surface area (Å²) in [5, 5.41) is 0. The van der Waals surface area contributed by atoms with Crippen molar-refractivity contribution in [1.29, 1.82) is 0 Å². The van der Waals surface area contributed by atoms with E-state index in [0.29, 0.717) is 26.1 Å². The number of hydrogen-bond acceptors (Lipinski definition) is 5. The molecule has 1 saturated heterocycles. The van der Waals surface area contributed by atoms with E-state index in [0.717, 1.165) is 39.3 Å². The molecule has 0 saturated carbocycles. The summed E-state index contributed by atoms with van der Waals surface area (Å²) in [7, 11) is 0. The van der Waals surface area contributed by atoms with E-state index in [4.69, 9.17) is 9.47 Å². The molecule has 0 aromatic heterocycles. The molecule has 1 heterocycles. The number of ether oxygens (including phenoxy) is 2. The van der Waals surface area contributed by atoms with Gasteiger partial charge in [-0.15, -0.1) is 0 Å². The molecule has 1 amide bonds. The monoisotopic (exact) mass is 300 g/mol. The first-order chi connectivity index (χ1) is 10.2. The minimum absolute atomic E-state index is 0.0984. The lowest BCUT2D eigenvalue weighted by atomic mass is 10.2. The van der Waals surface area contributed by atoms with Crippen LogP contribution in [0.4, 0.5) is 0 Å². The smallest absolute Gasteiger partial charge is 0.307 e. The van der Waals surface area contributed by atoms with Gasteiger partial charge in [-0.1, -0.05) is 6.92 Å². The molecule has 0 N–H and O–H groups in total. The van der Waals surface area contributed by atoms with Gasteiger partial charge >= 0.3 is 5.97 Å². The Bertz CT molecular complexity index is 317. The van der Waals surface area contributed by atoms with Gasteiger partial charge in [-0.3, -0.25) is 14.5 Å². The summed E-state index contributed by atoms with van der Waals surface area (Å²) in [5.74, 6) is -0.138. The molecule has 0 aromatic carbocycles. The number of nitrogens with zero attached hydrogens (tertiary/aromatic N) is 2. The van der Waals surface area contributed by atoms with Crippen molar-refractivity contribution in [2.75, 3.05) is 52.5 Å². The molecule has 122 valence electrons. The molecule has 1 rings (SSSR count). The van der Waals surface area contributed by atoms with E-state index in [1.54, 1.807) is 11.8 Å². The fourth-order valence-electron chi connectivity index (χ4n) is 2.35. The fraction of sp³-hybridized carbons (Fsp3) is 0.867. The maximum atomic E-state index is 11.9. The van der Waals surface area contributed by atoms with Crippen molar-refractivity contribution in [2.24, 2.45) is 0 Å². The summed E-state index contributed by atoms with van der Waals surface area (Å²) in [6.07, 6.45) is 1.67. The number of morpholine rings is 1. The molecular weight excluding hydrogens is 272 g/mol. The van der Waals surface area contributed by atoms with Crippen LogP contribution in [-0.2, 0) is 19.1 Å². The quantitative estimate of drug-likeness (QED) is 0.592. The summed E-state index contributed by atoms with van der Waals surface area (Å²) in [4.78, 5) is 27.4. The van der Waals surface area contributed by atoms with Crippen LogP contribution < -0.4 is 0 Å². The zero-order valence-electron chi connectivity index (χ0n) is 13.3. The summed E-state index contributed by atoms with van der Waals surface area (Å²) in [6, 6.07) is 0. The molecule has 0 aromatic rings. The molecule has 1 aliphatic rings. The third-order valence-electron chi connectivity index (χ3n) is 3.55. The van der Waals surface area contributed by atoms with E-state index in [2.05, 4.69) is 4.90 Å². The van der Waals surface area contributed by atoms with Crippen molar-refractivity contribution >= 4 is 11.9 Å². The SMILES string of the molecule is CCOC(=O)CCN(CCCN1CCOCC1)C(=O)CC. The maximum Gasteiger partial charge on any atom is 0.307 e. The number of hydrogen-bond donors (Lipinski definition) is 0. The van der Waals surface area contributed by atoms with Crippen LogP contribution in [0.25, 0.3) is 0 Å². The molecule has 0 aliphatic carbocycles. The summed E-state index contributed by atoms with van der Waals surface area (Å²) < 4.78 is 10.2. The van der Waals surface area contributed by atoms with Gasteiger partial charge in [0.05, 0.1) is 26.2 Å². The predicted octanol–water partition coefficient (Wildman–Crippen LogP) is 0.901. The van der Waals surface area contributed by atoms with E-state index in [1.165, 1.54) is 0 Å². The van der Waals surface area contributed by atoms with Crippen molar-refractivity contribution in [2.45, 2.75) is 33.1 Å². The molecule has 1 aliphatic heterocycles. The Morgan fingerprint density at radius 2 is 1.90 bits per heavy atom. The first-order valence-electron chi connectivity index (χ1n) is 7.90. The molecule has 21 heavy (non-hydrogen) atoms. The van der Waals surface area contributed by atoms with Crippen molar-refractivity contribution in [3.05, 3.63) is 0 Å². The van der Waals surface area contributed by atoms with E-state index in [9.17, 15) is 9.59 Å². The van der Waals surface area contributed by atoms with Crippen LogP contribution in [0.15, 0.2) is 0 Å². The van der Waals surface area contributed by atoms with Crippen LogP contribution in [0.2, 0.25) is 0 Å². The van der Waals surface area contributed by atoms with E-state index in [-0.39, 0.29) is 18.3 Å². The van der Waals surface area contributed by atoms with Crippen molar-refractivity contribution in [1.82, 2.24) is 9.80 Å². The second-order valence-electron chi connectivity index (χ2n) is 5.10. The minimum Gasteiger partial charge on any atom is -0.466 e. The van der Waals surface area contributed by atoms with Gasteiger partial charge in [-0.2, -0.15) is 0 Å². The van der Waals surface area contributed by atoms with Gasteiger partial charge in [0.15, 0.2) is 0 Å². The first kappa shape index (κ1) is 17.9. The Balaban J connectivity index is 2.28. The maximum absolute atomic E-state index is 11.9. The second kappa shape index (κ2) is 10.6. The average Bonchev–Trinajstić information content (AvgIpc) is 2.51. The van der Waals surface area contributed by atoms with E-state index >= 15 is 0 Å². The molecule has 0 bridgehead atoms. The normalized spacial score (nSPS) is 15.7. The number of esters is 1. The van der Waals surface area contributed by atoms with Crippen LogP contribution in [0.1, 0.15) is 33.1 Å². The summed E-state index contributed by atoms with van der Waals surface area (Å²) in [5.41, 5.74) is 0. The molecule has 0 radical (unpaired) electrons. The molecule has 0 atom stereocenters. The van der Waals surface area contributed by atoms with Gasteiger partial charge < -0.3 is 14.4 Å². The van der Waals surface area contributed by atoms with Gasteiger partial charge in [-0.05, 0) is 13.3 Å². The lowest BCUT2D eigenvalue weighted by Crippen LogP contribution is -2.39. The Hall–Kier alpha value is -1.14. The predicted molar refractivity (Wildman–Crippen MR) is 80.0 cm³/mol. The number of rotatable bonds is 9.